The van der Waals surface area contributed by atoms with Gasteiger partial charge >= 0.3 is 5.97 Å². The van der Waals surface area contributed by atoms with Gasteiger partial charge in [-0.15, -0.1) is 11.8 Å². The Kier molecular flexibility index (Phi) is 5.60. The lowest BCUT2D eigenvalue weighted by Crippen LogP contribution is -2.78. The molecule has 8 heteroatoms. The molecule has 1 aromatic rings. The summed E-state index contributed by atoms with van der Waals surface area (Å²) in [7, 11) is 0. The average molecular weight is 420 g/mol. The topological polar surface area (TPSA) is 90.0 Å². The fraction of sp³-hybridized carbons (Fsp3) is 0.571. The van der Waals surface area contributed by atoms with Gasteiger partial charge in [0.2, 0.25) is 5.91 Å². The molecule has 2 amide bonds. The van der Waals surface area contributed by atoms with Crippen LogP contribution in [0.5, 0.6) is 0 Å². The van der Waals surface area contributed by atoms with Crippen molar-refractivity contribution in [2.45, 2.75) is 62.7 Å². The van der Waals surface area contributed by atoms with Gasteiger partial charge in [-0.3, -0.25) is 9.59 Å². The number of carboxylic acids is 1. The van der Waals surface area contributed by atoms with Crippen molar-refractivity contribution in [3.8, 4) is 0 Å². The van der Waals surface area contributed by atoms with Gasteiger partial charge in [-0.25, -0.2) is 4.79 Å². The molecule has 0 bridgehead atoms. The molecule has 0 radical (unpaired) electrons. The smallest absolute Gasteiger partial charge is 0.327 e. The molecule has 2 heterocycles. The number of rotatable bonds is 7. The first-order valence-electron chi connectivity index (χ1n) is 9.93. The largest absolute Gasteiger partial charge is 0.480 e. The Morgan fingerprint density at radius 2 is 1.90 bits per heavy atom. The first-order valence-corrected chi connectivity index (χ1v) is 10.8. The third-order valence-corrected chi connectivity index (χ3v) is 7.57. The zero-order valence-corrected chi connectivity index (χ0v) is 18.4. The highest BCUT2D eigenvalue weighted by Crippen LogP contribution is 2.54. The van der Waals surface area contributed by atoms with Gasteiger partial charge in [-0.1, -0.05) is 12.1 Å². The summed E-state index contributed by atoms with van der Waals surface area (Å²) in [5.41, 5.74) is 0.858. The van der Waals surface area contributed by atoms with Gasteiger partial charge < -0.3 is 20.2 Å². The average Bonchev–Trinajstić information content (AvgIpc) is 2.92. The van der Waals surface area contributed by atoms with Gasteiger partial charge in [0.25, 0.3) is 5.91 Å². The van der Waals surface area contributed by atoms with E-state index in [4.69, 9.17) is 0 Å². The number of benzene rings is 1. The second-order valence-electron chi connectivity index (χ2n) is 8.30. The number of carbonyl (C=O) groups is 3. The highest BCUT2D eigenvalue weighted by Gasteiger charge is 2.70. The number of nitrogens with zero attached hydrogens (tertiary/aromatic N) is 2. The second-order valence-corrected chi connectivity index (χ2v) is 10.0. The highest BCUT2D eigenvalue weighted by atomic mass is 32.2. The van der Waals surface area contributed by atoms with E-state index in [-0.39, 0.29) is 23.6 Å². The van der Waals surface area contributed by atoms with E-state index in [0.29, 0.717) is 0 Å². The van der Waals surface area contributed by atoms with Crippen molar-refractivity contribution in [1.82, 2.24) is 10.2 Å². The molecule has 1 unspecified atom stereocenters. The van der Waals surface area contributed by atoms with Crippen LogP contribution in [0, 0.1) is 0 Å². The monoisotopic (exact) mass is 419 g/mol. The molecule has 2 N–H and O–H groups in total. The van der Waals surface area contributed by atoms with Gasteiger partial charge in [0.05, 0.1) is 6.42 Å². The molecule has 158 valence electrons. The maximum absolute atomic E-state index is 12.8. The molecule has 2 saturated heterocycles. The van der Waals surface area contributed by atoms with Gasteiger partial charge in [-0.05, 0) is 52.3 Å². The van der Waals surface area contributed by atoms with Crippen LogP contribution in [0.1, 0.15) is 40.2 Å². The van der Waals surface area contributed by atoms with Crippen LogP contribution in [0.2, 0.25) is 0 Å². The highest BCUT2D eigenvalue weighted by molar-refractivity contribution is 8.01. The molecule has 2 aliphatic heterocycles. The van der Waals surface area contributed by atoms with Crippen LogP contribution >= 0.6 is 11.8 Å². The molecule has 3 atom stereocenters. The van der Waals surface area contributed by atoms with E-state index >= 15 is 0 Å². The Morgan fingerprint density at radius 3 is 2.48 bits per heavy atom. The lowest BCUT2D eigenvalue weighted by atomic mass is 9.86. The van der Waals surface area contributed by atoms with E-state index < -0.39 is 22.3 Å². The van der Waals surface area contributed by atoms with Gasteiger partial charge in [0.1, 0.15) is 17.0 Å². The summed E-state index contributed by atoms with van der Waals surface area (Å²) < 4.78 is -0.618. The minimum atomic E-state index is -1.08. The fourth-order valence-electron chi connectivity index (χ4n) is 4.31. The number of aliphatic carboxylic acids is 1. The van der Waals surface area contributed by atoms with Gasteiger partial charge in [0.15, 0.2) is 0 Å². The van der Waals surface area contributed by atoms with Crippen LogP contribution in [0.4, 0.5) is 5.69 Å². The number of fused-ring (bicyclic) bond motifs is 1. The molecule has 0 aromatic heterocycles. The van der Waals surface area contributed by atoms with E-state index in [9.17, 15) is 19.5 Å². The predicted octanol–water partition coefficient (Wildman–Crippen LogP) is 2.10. The van der Waals surface area contributed by atoms with Crippen LogP contribution in [-0.2, 0) is 20.8 Å². The Bertz CT molecular complexity index is 839. The van der Waals surface area contributed by atoms with Gasteiger partial charge in [-0.2, -0.15) is 0 Å². The third kappa shape index (κ3) is 3.58. The third-order valence-electron chi connectivity index (χ3n) is 5.81. The molecule has 0 saturated carbocycles. The number of hydrogen-bond donors (Lipinski definition) is 2. The van der Waals surface area contributed by atoms with E-state index in [1.165, 1.54) is 16.7 Å². The Hall–Kier alpha value is -2.22. The van der Waals surface area contributed by atoms with Crippen molar-refractivity contribution in [2.75, 3.05) is 18.0 Å². The van der Waals surface area contributed by atoms with Crippen LogP contribution < -0.4 is 10.2 Å². The quantitative estimate of drug-likeness (QED) is 0.658. The summed E-state index contributed by atoms with van der Waals surface area (Å²) in [6.45, 7) is 11.3. The molecule has 2 aliphatic rings. The summed E-state index contributed by atoms with van der Waals surface area (Å²) in [5, 5.41) is 12.0. The Balaban J connectivity index is 1.71. The van der Waals surface area contributed by atoms with Crippen LogP contribution in [-0.4, -0.2) is 62.6 Å². The van der Waals surface area contributed by atoms with Crippen molar-refractivity contribution in [3.63, 3.8) is 0 Å². The first kappa shape index (κ1) is 21.5. The summed E-state index contributed by atoms with van der Waals surface area (Å²) in [6, 6.07) is 6.96. The number of anilines is 1. The molecular formula is C21H29N3O4S. The van der Waals surface area contributed by atoms with Gasteiger partial charge in [0, 0.05) is 23.5 Å². The Labute approximate surface area is 175 Å². The molecule has 7 nitrogen and oxygen atoms in total. The number of β-lactam (4-membered cyclic amide) rings is 1. The Morgan fingerprint density at radius 1 is 1.24 bits per heavy atom. The van der Waals surface area contributed by atoms with Crippen molar-refractivity contribution >= 4 is 35.2 Å². The lowest BCUT2D eigenvalue weighted by Gasteiger charge is -2.51. The minimum absolute atomic E-state index is 0.168. The van der Waals surface area contributed by atoms with Crippen LogP contribution in [0.25, 0.3) is 0 Å². The van der Waals surface area contributed by atoms with Crippen LogP contribution in [0.3, 0.4) is 0 Å². The molecule has 0 spiro atoms. The van der Waals surface area contributed by atoms with Crippen molar-refractivity contribution in [2.24, 2.45) is 0 Å². The zero-order valence-electron chi connectivity index (χ0n) is 17.6. The summed E-state index contributed by atoms with van der Waals surface area (Å²) in [6.07, 6.45) is 0.168. The number of amides is 2. The first-order chi connectivity index (χ1) is 13.5. The van der Waals surface area contributed by atoms with Crippen molar-refractivity contribution in [3.05, 3.63) is 29.8 Å². The number of thioether (sulfide) groups is 1. The summed E-state index contributed by atoms with van der Waals surface area (Å²) in [5.74, 6) is -1.59. The predicted molar refractivity (Wildman–Crippen MR) is 114 cm³/mol. The summed E-state index contributed by atoms with van der Waals surface area (Å²) >= 11 is 1.43. The number of carboxylic acid groups (broad SMARTS) is 1. The maximum atomic E-state index is 12.8. The van der Waals surface area contributed by atoms with E-state index in [1.54, 1.807) is 6.92 Å². The molecular weight excluding hydrogens is 390 g/mol. The van der Waals surface area contributed by atoms with E-state index in [0.717, 1.165) is 24.3 Å². The molecule has 1 aromatic carbocycles. The molecule has 29 heavy (non-hydrogen) atoms. The SMILES string of the molecule is CCN(CC)c1cccc(CC(=O)NC2(C)C(=O)N3[C@@H](C(=O)O)C(C)(C)S[C@@H]32)c1. The van der Waals surface area contributed by atoms with E-state index in [2.05, 4.69) is 24.1 Å². The number of carbonyl (C=O) groups excluding carboxylic acids is 2. The minimum Gasteiger partial charge on any atom is -0.480 e. The van der Waals surface area contributed by atoms with Crippen LogP contribution in [0.15, 0.2) is 24.3 Å². The zero-order chi connectivity index (χ0) is 21.6. The fourth-order valence-corrected chi connectivity index (χ4v) is 5.95. The van der Waals surface area contributed by atoms with Crippen molar-refractivity contribution in [1.29, 1.82) is 0 Å². The standard InChI is InChI=1S/C21H29N3O4S/c1-6-23(7-2)14-10-8-9-13(11-14)12-15(25)22-21(5)18(28)24-16(17(26)27)20(3,4)29-19(21)24/h8-11,16,19H,6-7,12H2,1-5H3,(H,22,25)(H,26,27)/t16-,19+,21?/m0/s1. The number of hydrogen-bond acceptors (Lipinski definition) is 5. The lowest BCUT2D eigenvalue weighted by molar-refractivity contribution is -0.167. The summed E-state index contributed by atoms with van der Waals surface area (Å²) in [4.78, 5) is 40.8. The van der Waals surface area contributed by atoms with Crippen molar-refractivity contribution < 1.29 is 19.5 Å². The van der Waals surface area contributed by atoms with E-state index in [1.807, 2.05) is 38.1 Å². The molecule has 3 rings (SSSR count). The maximum Gasteiger partial charge on any atom is 0.327 e. The number of nitrogens with one attached hydrogen (secondary N) is 1. The second kappa shape index (κ2) is 7.55. The normalized spacial score (nSPS) is 27.2. The molecule has 0 aliphatic carbocycles. The molecule has 2 fully saturated rings.